The normalized spacial score (nSPS) is 26.9. The van der Waals surface area contributed by atoms with Gasteiger partial charge >= 0.3 is 0 Å². The summed E-state index contributed by atoms with van der Waals surface area (Å²) in [5, 5.41) is 13.0. The van der Waals surface area contributed by atoms with Crippen LogP contribution in [0.4, 0.5) is 0 Å². The van der Waals surface area contributed by atoms with Gasteiger partial charge in [-0.25, -0.2) is 0 Å². The zero-order valence-electron chi connectivity index (χ0n) is 13.2. The second kappa shape index (κ2) is 7.57. The van der Waals surface area contributed by atoms with E-state index in [1.165, 1.54) is 0 Å². The van der Waals surface area contributed by atoms with Crippen molar-refractivity contribution in [2.75, 3.05) is 13.2 Å². The molecule has 0 radical (unpaired) electrons. The predicted molar refractivity (Wildman–Crippen MR) is 95.6 cm³/mol. The van der Waals surface area contributed by atoms with Crippen molar-refractivity contribution in [1.29, 1.82) is 0 Å². The van der Waals surface area contributed by atoms with E-state index in [0.717, 1.165) is 21.9 Å². The zero-order chi connectivity index (χ0) is 17.0. The van der Waals surface area contributed by atoms with Crippen molar-refractivity contribution in [3.05, 3.63) is 70.2 Å². The quantitative estimate of drug-likeness (QED) is 0.771. The first-order valence-electron chi connectivity index (χ1n) is 7.97. The van der Waals surface area contributed by atoms with E-state index in [1.807, 2.05) is 54.6 Å². The van der Waals surface area contributed by atoms with Gasteiger partial charge in [0.15, 0.2) is 6.29 Å². The molecule has 4 nitrogen and oxygen atoms in total. The van der Waals surface area contributed by atoms with E-state index in [1.54, 1.807) is 0 Å². The number of aliphatic hydroxyl groups is 1. The number of aldehydes is 1. The number of carbonyl (C=O) groups excluding carboxylic acids is 1. The molecule has 1 fully saturated rings. The fraction of sp³-hybridized carbons (Fsp3) is 0.316. The van der Waals surface area contributed by atoms with Gasteiger partial charge in [0.05, 0.1) is 6.04 Å². The molecule has 3 unspecified atom stereocenters. The second-order valence-corrected chi connectivity index (χ2v) is 6.88. The minimum Gasteiger partial charge on any atom is -0.396 e. The van der Waals surface area contributed by atoms with Gasteiger partial charge in [-0.1, -0.05) is 58.4 Å². The Kier molecular flexibility index (Phi) is 5.46. The fourth-order valence-electron chi connectivity index (χ4n) is 3.26. The maximum absolute atomic E-state index is 11.7. The molecule has 2 aromatic rings. The SMILES string of the molecule is O=CC1OC(CCO)(c2ccccc2)CNC1c1cccc(Br)c1. The number of halogens is 1. The first kappa shape index (κ1) is 17.3. The summed E-state index contributed by atoms with van der Waals surface area (Å²) in [7, 11) is 0. The van der Waals surface area contributed by atoms with Crippen molar-refractivity contribution in [1.82, 2.24) is 5.32 Å². The van der Waals surface area contributed by atoms with Crippen LogP contribution in [0.1, 0.15) is 23.6 Å². The van der Waals surface area contributed by atoms with Gasteiger partial charge in [-0.05, 0) is 23.3 Å². The Hall–Kier alpha value is -1.53. The molecule has 126 valence electrons. The van der Waals surface area contributed by atoms with Crippen LogP contribution in [0, 0.1) is 0 Å². The third-order valence-corrected chi connectivity index (χ3v) is 4.95. The number of hydrogen-bond donors (Lipinski definition) is 2. The van der Waals surface area contributed by atoms with Crippen LogP contribution in [-0.2, 0) is 15.1 Å². The molecule has 2 N–H and O–H groups in total. The Labute approximate surface area is 150 Å². The molecular weight excluding hydrogens is 370 g/mol. The molecule has 0 amide bonds. The molecule has 1 aliphatic rings. The lowest BCUT2D eigenvalue weighted by Gasteiger charge is -2.44. The van der Waals surface area contributed by atoms with Crippen LogP contribution in [0.2, 0.25) is 0 Å². The molecule has 0 aliphatic carbocycles. The minimum absolute atomic E-state index is 0.0102. The summed E-state index contributed by atoms with van der Waals surface area (Å²) < 4.78 is 7.21. The van der Waals surface area contributed by atoms with Gasteiger partial charge in [-0.15, -0.1) is 0 Å². The maximum Gasteiger partial charge on any atom is 0.150 e. The van der Waals surface area contributed by atoms with Crippen molar-refractivity contribution in [2.24, 2.45) is 0 Å². The van der Waals surface area contributed by atoms with Gasteiger partial charge in [-0.3, -0.25) is 0 Å². The summed E-state index contributed by atoms with van der Waals surface area (Å²) in [4.78, 5) is 11.7. The van der Waals surface area contributed by atoms with Crippen LogP contribution in [0.15, 0.2) is 59.1 Å². The highest BCUT2D eigenvalue weighted by atomic mass is 79.9. The Morgan fingerprint density at radius 1 is 1.25 bits per heavy atom. The molecule has 0 saturated carbocycles. The molecule has 0 bridgehead atoms. The Morgan fingerprint density at radius 3 is 2.71 bits per heavy atom. The molecule has 3 rings (SSSR count). The van der Waals surface area contributed by atoms with Crippen LogP contribution >= 0.6 is 15.9 Å². The summed E-state index contributed by atoms with van der Waals surface area (Å²) in [6.45, 7) is 0.517. The molecule has 0 aromatic heterocycles. The first-order chi connectivity index (χ1) is 11.7. The van der Waals surface area contributed by atoms with Crippen molar-refractivity contribution in [3.63, 3.8) is 0 Å². The minimum atomic E-state index is -0.704. The lowest BCUT2D eigenvalue weighted by Crippen LogP contribution is -2.54. The van der Waals surface area contributed by atoms with Gasteiger partial charge in [0.25, 0.3) is 0 Å². The van der Waals surface area contributed by atoms with E-state index in [2.05, 4.69) is 21.2 Å². The molecule has 5 heteroatoms. The molecule has 1 heterocycles. The largest absolute Gasteiger partial charge is 0.396 e. The number of ether oxygens (including phenoxy) is 1. The van der Waals surface area contributed by atoms with E-state index in [9.17, 15) is 9.90 Å². The zero-order valence-corrected chi connectivity index (χ0v) is 14.8. The molecule has 0 spiro atoms. The predicted octanol–water partition coefficient (Wildman–Crippen LogP) is 2.96. The van der Waals surface area contributed by atoms with E-state index in [0.29, 0.717) is 13.0 Å². The number of nitrogens with one attached hydrogen (secondary N) is 1. The Morgan fingerprint density at radius 2 is 2.04 bits per heavy atom. The fourth-order valence-corrected chi connectivity index (χ4v) is 3.68. The average molecular weight is 390 g/mol. The van der Waals surface area contributed by atoms with Crippen LogP contribution in [0.3, 0.4) is 0 Å². The third kappa shape index (κ3) is 3.44. The van der Waals surface area contributed by atoms with Gasteiger partial charge < -0.3 is 20.0 Å². The first-order valence-corrected chi connectivity index (χ1v) is 8.76. The van der Waals surface area contributed by atoms with E-state index >= 15 is 0 Å². The summed E-state index contributed by atoms with van der Waals surface area (Å²) in [6.07, 6.45) is 0.645. The maximum atomic E-state index is 11.7. The lowest BCUT2D eigenvalue weighted by molar-refractivity contribution is -0.159. The van der Waals surface area contributed by atoms with Crippen molar-refractivity contribution >= 4 is 22.2 Å². The Balaban J connectivity index is 1.91. The van der Waals surface area contributed by atoms with Gasteiger partial charge in [-0.2, -0.15) is 0 Å². The summed E-state index contributed by atoms with van der Waals surface area (Å²) in [6, 6.07) is 17.4. The van der Waals surface area contributed by atoms with Crippen molar-refractivity contribution in [3.8, 4) is 0 Å². The van der Waals surface area contributed by atoms with Crippen LogP contribution in [0.25, 0.3) is 0 Å². The van der Waals surface area contributed by atoms with Gasteiger partial charge in [0.2, 0.25) is 0 Å². The Bertz CT molecular complexity index is 694. The lowest BCUT2D eigenvalue weighted by atomic mass is 9.86. The van der Waals surface area contributed by atoms with E-state index in [-0.39, 0.29) is 12.6 Å². The van der Waals surface area contributed by atoms with E-state index < -0.39 is 11.7 Å². The third-order valence-electron chi connectivity index (χ3n) is 4.46. The highest BCUT2D eigenvalue weighted by Gasteiger charge is 2.43. The standard InChI is InChI=1S/C19H20BrNO3/c20-16-8-4-5-14(11-16)18-17(12-23)24-19(9-10-22,13-21-18)15-6-2-1-3-7-15/h1-8,11-12,17-18,21-22H,9-10,13H2. The summed E-state index contributed by atoms with van der Waals surface area (Å²) in [5.41, 5.74) is 1.25. The molecule has 2 aromatic carbocycles. The number of hydrogen-bond acceptors (Lipinski definition) is 4. The molecule has 1 aliphatic heterocycles. The smallest absolute Gasteiger partial charge is 0.150 e. The second-order valence-electron chi connectivity index (χ2n) is 5.97. The highest BCUT2D eigenvalue weighted by Crippen LogP contribution is 2.37. The van der Waals surface area contributed by atoms with Crippen LogP contribution in [0.5, 0.6) is 0 Å². The summed E-state index contributed by atoms with van der Waals surface area (Å²) in [5.74, 6) is 0. The van der Waals surface area contributed by atoms with Gasteiger partial charge in [0, 0.05) is 24.0 Å². The van der Waals surface area contributed by atoms with Crippen LogP contribution in [-0.4, -0.2) is 30.6 Å². The highest BCUT2D eigenvalue weighted by molar-refractivity contribution is 9.10. The number of rotatable bonds is 5. The molecule has 24 heavy (non-hydrogen) atoms. The number of aliphatic hydroxyl groups excluding tert-OH is 1. The summed E-state index contributed by atoms with van der Waals surface area (Å²) >= 11 is 3.46. The molecule has 3 atom stereocenters. The number of morpholine rings is 1. The number of benzene rings is 2. The monoisotopic (exact) mass is 389 g/mol. The molecular formula is C19H20BrNO3. The molecule has 1 saturated heterocycles. The average Bonchev–Trinajstić information content (AvgIpc) is 2.62. The van der Waals surface area contributed by atoms with Crippen molar-refractivity contribution < 1.29 is 14.6 Å². The topological polar surface area (TPSA) is 58.6 Å². The van der Waals surface area contributed by atoms with Crippen LogP contribution < -0.4 is 5.32 Å². The number of carbonyl (C=O) groups is 1. The van der Waals surface area contributed by atoms with Gasteiger partial charge in [0.1, 0.15) is 11.7 Å². The van der Waals surface area contributed by atoms with E-state index in [4.69, 9.17) is 4.74 Å². The van der Waals surface area contributed by atoms with Crippen molar-refractivity contribution in [2.45, 2.75) is 24.2 Å².